The number of nitrogens with zero attached hydrogens (tertiary/aromatic N) is 4. The van der Waals surface area contributed by atoms with E-state index in [-0.39, 0.29) is 30.2 Å². The number of non-ortho nitro benzene ring substituents is 1. The summed E-state index contributed by atoms with van der Waals surface area (Å²) in [5.74, 6) is -0.118. The molecule has 2 aromatic carbocycles. The van der Waals surface area contributed by atoms with Crippen LogP contribution in [0.4, 0.5) is 5.69 Å². The number of nitro groups is 1. The highest BCUT2D eigenvalue weighted by Crippen LogP contribution is 2.21. The number of rotatable bonds is 6. The third-order valence-electron chi connectivity index (χ3n) is 3.99. The van der Waals surface area contributed by atoms with E-state index in [0.29, 0.717) is 11.3 Å². The molecule has 0 saturated carbocycles. The average molecular weight is 441 g/mol. The van der Waals surface area contributed by atoms with E-state index in [2.05, 4.69) is 26.1 Å². The Morgan fingerprint density at radius 1 is 1.18 bits per heavy atom. The van der Waals surface area contributed by atoms with Crippen LogP contribution < -0.4 is 0 Å². The number of nitriles is 1. The molecule has 2 aromatic rings. The lowest BCUT2D eigenvalue weighted by molar-refractivity contribution is -0.384. The molecule has 0 aromatic heterocycles. The van der Waals surface area contributed by atoms with Crippen LogP contribution in [-0.4, -0.2) is 28.4 Å². The highest BCUT2D eigenvalue weighted by Gasteiger charge is 2.28. The van der Waals surface area contributed by atoms with E-state index >= 15 is 0 Å². The van der Waals surface area contributed by atoms with Gasteiger partial charge in [-0.3, -0.25) is 14.9 Å². The molecule has 9 heteroatoms. The number of Topliss-reactive ketones (excluding diaryl/α,β-unsaturated/α-hetero) is 1. The third kappa shape index (κ3) is 4.47. The molecular weight excluding hydrogens is 428 g/mol. The first-order chi connectivity index (χ1) is 13.5. The van der Waals surface area contributed by atoms with E-state index in [1.807, 2.05) is 30.3 Å². The number of ketones is 1. The van der Waals surface area contributed by atoms with Crippen molar-refractivity contribution in [3.63, 3.8) is 0 Å². The Morgan fingerprint density at radius 2 is 1.86 bits per heavy atom. The van der Waals surface area contributed by atoms with Gasteiger partial charge in [-0.2, -0.15) is 5.26 Å². The second kappa shape index (κ2) is 8.54. The maximum Gasteiger partial charge on any atom is 0.269 e. The van der Waals surface area contributed by atoms with Crippen LogP contribution in [0.25, 0.3) is 0 Å². The van der Waals surface area contributed by atoms with Crippen molar-refractivity contribution in [2.45, 2.75) is 18.9 Å². The molecule has 0 spiro atoms. The van der Waals surface area contributed by atoms with E-state index in [9.17, 15) is 14.9 Å². The highest BCUT2D eigenvalue weighted by atomic mass is 79.9. The molecule has 0 aliphatic carbocycles. The van der Waals surface area contributed by atoms with Gasteiger partial charge in [-0.15, -0.1) is 10.2 Å². The van der Waals surface area contributed by atoms with Gasteiger partial charge in [0.15, 0.2) is 11.9 Å². The van der Waals surface area contributed by atoms with Crippen molar-refractivity contribution in [1.82, 2.24) is 0 Å². The van der Waals surface area contributed by atoms with Crippen LogP contribution in [-0.2, 0) is 4.74 Å². The lowest BCUT2D eigenvalue weighted by atomic mass is 9.97. The van der Waals surface area contributed by atoms with Crippen LogP contribution in [0.15, 0.2) is 63.2 Å². The molecule has 0 N–H and O–H groups in total. The van der Waals surface area contributed by atoms with Crippen LogP contribution in [0, 0.1) is 21.4 Å². The van der Waals surface area contributed by atoms with Crippen LogP contribution in [0.2, 0.25) is 0 Å². The predicted molar refractivity (Wildman–Crippen MR) is 105 cm³/mol. The molecule has 0 fully saturated rings. The van der Waals surface area contributed by atoms with E-state index in [1.165, 1.54) is 24.3 Å². The summed E-state index contributed by atoms with van der Waals surface area (Å²) >= 11 is 3.36. The lowest BCUT2D eigenvalue weighted by Gasteiger charge is -2.23. The maximum absolute atomic E-state index is 12.7. The van der Waals surface area contributed by atoms with Gasteiger partial charge in [0.1, 0.15) is 12.1 Å². The Bertz CT molecular complexity index is 1010. The SMILES string of the molecule is N#CCC1=NN=C(c2ccc(Br)cc2)C(CC(=O)c2ccc([N+](=O)[O-])cc2)O1. The Hall–Kier alpha value is -3.38. The minimum atomic E-state index is -0.718. The van der Waals surface area contributed by atoms with Gasteiger partial charge < -0.3 is 4.74 Å². The van der Waals surface area contributed by atoms with Gasteiger partial charge in [-0.25, -0.2) is 0 Å². The normalized spacial score (nSPS) is 15.6. The molecule has 1 heterocycles. The molecule has 8 nitrogen and oxygen atoms in total. The number of hydrogen-bond donors (Lipinski definition) is 0. The van der Waals surface area contributed by atoms with Crippen LogP contribution >= 0.6 is 15.9 Å². The lowest BCUT2D eigenvalue weighted by Crippen LogP contribution is -2.33. The molecule has 1 aliphatic rings. The van der Waals surface area contributed by atoms with Gasteiger partial charge in [-0.1, -0.05) is 28.1 Å². The van der Waals surface area contributed by atoms with Gasteiger partial charge in [0.05, 0.1) is 17.4 Å². The molecule has 1 aliphatic heterocycles. The topological polar surface area (TPSA) is 118 Å². The summed E-state index contributed by atoms with van der Waals surface area (Å²) in [4.78, 5) is 22.9. The van der Waals surface area contributed by atoms with Crippen LogP contribution in [0.5, 0.6) is 0 Å². The predicted octanol–water partition coefficient (Wildman–Crippen LogP) is 4.05. The number of benzene rings is 2. The molecular formula is C19H13BrN4O4. The number of carbonyl (C=O) groups excluding carboxylic acids is 1. The van der Waals surface area contributed by atoms with Gasteiger partial charge in [0.25, 0.3) is 5.69 Å². The van der Waals surface area contributed by atoms with E-state index < -0.39 is 11.0 Å². The van der Waals surface area contributed by atoms with Crippen molar-refractivity contribution >= 4 is 39.0 Å². The zero-order valence-electron chi connectivity index (χ0n) is 14.4. The summed E-state index contributed by atoms with van der Waals surface area (Å²) in [6.45, 7) is 0. The Labute approximate surface area is 168 Å². The van der Waals surface area contributed by atoms with Crippen molar-refractivity contribution in [2.75, 3.05) is 0 Å². The smallest absolute Gasteiger partial charge is 0.269 e. The van der Waals surface area contributed by atoms with Crippen molar-refractivity contribution in [3.8, 4) is 6.07 Å². The molecule has 0 bridgehead atoms. The van der Waals surface area contributed by atoms with Gasteiger partial charge in [0.2, 0.25) is 5.90 Å². The molecule has 0 amide bonds. The first-order valence-electron chi connectivity index (χ1n) is 8.19. The summed E-state index contributed by atoms with van der Waals surface area (Å²) in [5, 5.41) is 27.7. The number of nitro benzene ring substituents is 1. The average Bonchev–Trinajstić information content (AvgIpc) is 2.69. The standard InChI is InChI=1S/C19H13BrN4O4/c20-14-5-1-13(2-6-14)19-17(28-18(9-10-21)22-23-19)11-16(25)12-3-7-15(8-4-12)24(26)27/h1-8,17H,9,11H2. The first kappa shape index (κ1) is 19.4. The third-order valence-corrected chi connectivity index (χ3v) is 4.52. The van der Waals surface area contributed by atoms with Crippen molar-refractivity contribution in [1.29, 1.82) is 5.26 Å². The number of carbonyl (C=O) groups is 1. The molecule has 1 unspecified atom stereocenters. The Kier molecular flexibility index (Phi) is 5.91. The largest absolute Gasteiger partial charge is 0.468 e. The van der Waals surface area contributed by atoms with E-state index in [0.717, 1.165) is 10.0 Å². The number of ether oxygens (including phenoxy) is 1. The zero-order chi connectivity index (χ0) is 20.1. The molecule has 3 rings (SSSR count). The molecule has 1 atom stereocenters. The number of hydrogen-bond acceptors (Lipinski definition) is 7. The molecule has 0 saturated heterocycles. The molecule has 28 heavy (non-hydrogen) atoms. The summed E-state index contributed by atoms with van der Waals surface area (Å²) in [6, 6.07) is 14.6. The quantitative estimate of drug-likeness (QED) is 0.381. The fourth-order valence-corrected chi connectivity index (χ4v) is 2.88. The van der Waals surface area contributed by atoms with Gasteiger partial charge in [-0.05, 0) is 24.3 Å². The number of halogens is 1. The highest BCUT2D eigenvalue weighted by molar-refractivity contribution is 9.10. The zero-order valence-corrected chi connectivity index (χ0v) is 16.0. The minimum Gasteiger partial charge on any atom is -0.468 e. The molecule has 140 valence electrons. The molecule has 0 radical (unpaired) electrons. The van der Waals surface area contributed by atoms with Crippen LogP contribution in [0.3, 0.4) is 0 Å². The summed E-state index contributed by atoms with van der Waals surface area (Å²) in [7, 11) is 0. The second-order valence-corrected chi connectivity index (χ2v) is 6.77. The summed E-state index contributed by atoms with van der Waals surface area (Å²) < 4.78 is 6.62. The summed E-state index contributed by atoms with van der Waals surface area (Å²) in [5.41, 5.74) is 1.45. The van der Waals surface area contributed by atoms with Gasteiger partial charge in [0, 0.05) is 27.7 Å². The van der Waals surface area contributed by atoms with Crippen molar-refractivity contribution in [3.05, 3.63) is 74.2 Å². The fourth-order valence-electron chi connectivity index (χ4n) is 2.62. The Morgan fingerprint density at radius 3 is 2.46 bits per heavy atom. The fraction of sp³-hybridized carbons (Fsp3) is 0.158. The monoisotopic (exact) mass is 440 g/mol. The maximum atomic E-state index is 12.7. The summed E-state index contributed by atoms with van der Waals surface area (Å²) in [6.07, 6.45) is -0.819. The van der Waals surface area contributed by atoms with Crippen molar-refractivity contribution < 1.29 is 14.5 Å². The van der Waals surface area contributed by atoms with Gasteiger partial charge >= 0.3 is 0 Å². The van der Waals surface area contributed by atoms with E-state index in [1.54, 1.807) is 0 Å². The van der Waals surface area contributed by atoms with Crippen LogP contribution in [0.1, 0.15) is 28.8 Å². The first-order valence-corrected chi connectivity index (χ1v) is 8.99. The second-order valence-electron chi connectivity index (χ2n) is 5.86. The van der Waals surface area contributed by atoms with Crippen molar-refractivity contribution in [2.24, 2.45) is 10.2 Å². The van der Waals surface area contributed by atoms with E-state index in [4.69, 9.17) is 10.00 Å². The minimum absolute atomic E-state index is 0.0445. The Balaban J connectivity index is 1.84.